The number of benzene rings is 2. The molecule has 0 aliphatic heterocycles. The third-order valence-corrected chi connectivity index (χ3v) is 3.24. The fourth-order valence-corrected chi connectivity index (χ4v) is 2.02. The first-order valence-electron chi connectivity index (χ1n) is 5.86. The minimum Gasteiger partial charge on any atom is -0.0622 e. The molecule has 3 nitrogen and oxygen atoms in total. The summed E-state index contributed by atoms with van der Waals surface area (Å²) in [4.78, 5) is 2.78. The van der Waals surface area contributed by atoms with Crippen LogP contribution in [-0.4, -0.2) is 0 Å². The molecule has 0 radical (unpaired) electrons. The summed E-state index contributed by atoms with van der Waals surface area (Å²) in [6.45, 7) is 4.37. The Morgan fingerprint density at radius 1 is 0.889 bits per heavy atom. The van der Waals surface area contributed by atoms with Crippen LogP contribution in [0.2, 0.25) is 0 Å². The minimum atomic E-state index is -0.0594. The van der Waals surface area contributed by atoms with Crippen molar-refractivity contribution in [2.45, 2.75) is 19.3 Å². The van der Waals surface area contributed by atoms with Gasteiger partial charge in [0.2, 0.25) is 0 Å². The summed E-state index contributed by atoms with van der Waals surface area (Å²) in [5.41, 5.74) is 11.4. The van der Waals surface area contributed by atoms with Crippen LogP contribution in [0.1, 0.15) is 25.0 Å². The molecule has 0 amide bonds. The van der Waals surface area contributed by atoms with E-state index < -0.39 is 0 Å². The highest BCUT2D eigenvalue weighted by molar-refractivity contribution is 5.44. The van der Waals surface area contributed by atoms with Crippen molar-refractivity contribution >= 4 is 5.69 Å². The zero-order valence-corrected chi connectivity index (χ0v) is 10.5. The van der Waals surface area contributed by atoms with Crippen LogP contribution >= 0.6 is 0 Å². The first kappa shape index (κ1) is 12.2. The third-order valence-electron chi connectivity index (χ3n) is 3.24. The first-order chi connectivity index (χ1) is 8.64. The Balaban J connectivity index is 2.38. The van der Waals surface area contributed by atoms with Crippen molar-refractivity contribution in [3.63, 3.8) is 0 Å². The number of hydrogen-bond acceptors (Lipinski definition) is 1. The van der Waals surface area contributed by atoms with Gasteiger partial charge in [-0.05, 0) is 16.7 Å². The van der Waals surface area contributed by atoms with Gasteiger partial charge in [0.25, 0.3) is 0 Å². The Bertz CT molecular complexity index is 564. The van der Waals surface area contributed by atoms with Crippen LogP contribution in [-0.2, 0) is 5.41 Å². The van der Waals surface area contributed by atoms with Gasteiger partial charge in [0.15, 0.2) is 0 Å². The molecule has 0 unspecified atom stereocenters. The average molecular weight is 237 g/mol. The number of azide groups is 1. The molecule has 3 heteroatoms. The molecule has 2 aromatic rings. The van der Waals surface area contributed by atoms with Gasteiger partial charge in [0, 0.05) is 16.0 Å². The van der Waals surface area contributed by atoms with E-state index in [1.807, 2.05) is 42.5 Å². The Labute approximate surface area is 107 Å². The molecule has 0 saturated heterocycles. The van der Waals surface area contributed by atoms with Crippen LogP contribution in [0.15, 0.2) is 59.7 Å². The van der Waals surface area contributed by atoms with Crippen molar-refractivity contribution in [1.82, 2.24) is 0 Å². The van der Waals surface area contributed by atoms with Gasteiger partial charge in [-0.25, -0.2) is 0 Å². The second kappa shape index (κ2) is 4.94. The SMILES string of the molecule is CC(C)(c1ccccc1)c1ccc(N=[N+]=[N-])cc1. The van der Waals surface area contributed by atoms with Gasteiger partial charge < -0.3 is 0 Å². The minimum absolute atomic E-state index is 0.0594. The Hall–Kier alpha value is -2.25. The summed E-state index contributed by atoms with van der Waals surface area (Å²) in [5.74, 6) is 0. The van der Waals surface area contributed by atoms with Gasteiger partial charge in [-0.3, -0.25) is 0 Å². The highest BCUT2D eigenvalue weighted by Gasteiger charge is 2.22. The van der Waals surface area contributed by atoms with Crippen molar-refractivity contribution in [2.24, 2.45) is 5.11 Å². The van der Waals surface area contributed by atoms with Crippen molar-refractivity contribution in [3.05, 3.63) is 76.2 Å². The quantitative estimate of drug-likeness (QED) is 0.412. The summed E-state index contributed by atoms with van der Waals surface area (Å²) < 4.78 is 0. The van der Waals surface area contributed by atoms with Crippen LogP contribution < -0.4 is 0 Å². The van der Waals surface area contributed by atoms with E-state index in [9.17, 15) is 0 Å². The predicted molar refractivity (Wildman–Crippen MR) is 73.8 cm³/mol. The highest BCUT2D eigenvalue weighted by atomic mass is 15.1. The molecule has 0 aromatic heterocycles. The van der Waals surface area contributed by atoms with Crippen molar-refractivity contribution in [2.75, 3.05) is 0 Å². The maximum atomic E-state index is 8.39. The van der Waals surface area contributed by atoms with E-state index in [0.717, 1.165) is 0 Å². The topological polar surface area (TPSA) is 48.8 Å². The summed E-state index contributed by atoms with van der Waals surface area (Å²) in [6.07, 6.45) is 0. The maximum absolute atomic E-state index is 8.39. The fraction of sp³-hybridized carbons (Fsp3) is 0.200. The molecular formula is C15H15N3. The molecule has 0 aliphatic carbocycles. The van der Waals surface area contributed by atoms with Gasteiger partial charge >= 0.3 is 0 Å². The normalized spacial score (nSPS) is 10.8. The molecule has 0 N–H and O–H groups in total. The highest BCUT2D eigenvalue weighted by Crippen LogP contribution is 2.32. The van der Waals surface area contributed by atoms with Crippen LogP contribution in [0.5, 0.6) is 0 Å². The monoisotopic (exact) mass is 237 g/mol. The first-order valence-corrected chi connectivity index (χ1v) is 5.86. The summed E-state index contributed by atoms with van der Waals surface area (Å²) in [5, 5.41) is 3.58. The molecule has 2 aromatic carbocycles. The lowest BCUT2D eigenvalue weighted by Crippen LogP contribution is -2.18. The van der Waals surface area contributed by atoms with Gasteiger partial charge in [0.05, 0.1) is 0 Å². The predicted octanol–water partition coefficient (Wildman–Crippen LogP) is 4.95. The second-order valence-corrected chi connectivity index (χ2v) is 4.73. The van der Waals surface area contributed by atoms with Crippen LogP contribution in [0.4, 0.5) is 5.69 Å². The number of rotatable bonds is 3. The van der Waals surface area contributed by atoms with Crippen LogP contribution in [0.25, 0.3) is 10.4 Å². The lowest BCUT2D eigenvalue weighted by Gasteiger charge is -2.26. The molecule has 0 spiro atoms. The molecule has 0 aliphatic rings. The average Bonchev–Trinajstić information content (AvgIpc) is 2.41. The zero-order valence-electron chi connectivity index (χ0n) is 10.5. The number of nitrogens with zero attached hydrogens (tertiary/aromatic N) is 3. The Kier molecular flexibility index (Phi) is 3.35. The summed E-state index contributed by atoms with van der Waals surface area (Å²) >= 11 is 0. The van der Waals surface area contributed by atoms with Crippen molar-refractivity contribution in [1.29, 1.82) is 0 Å². The van der Waals surface area contributed by atoms with E-state index in [1.165, 1.54) is 11.1 Å². The lowest BCUT2D eigenvalue weighted by atomic mass is 9.78. The molecule has 0 saturated carbocycles. The fourth-order valence-electron chi connectivity index (χ4n) is 2.02. The van der Waals surface area contributed by atoms with Gasteiger partial charge in [0.1, 0.15) is 0 Å². The van der Waals surface area contributed by atoms with Crippen LogP contribution in [0, 0.1) is 0 Å². The van der Waals surface area contributed by atoms with E-state index >= 15 is 0 Å². The standard InChI is InChI=1S/C15H15N3/c1-15(2,12-6-4-3-5-7-12)13-8-10-14(11-9-13)17-18-16/h3-11H,1-2H3. The molecule has 90 valence electrons. The smallest absolute Gasteiger partial charge is 0.0375 e. The zero-order chi connectivity index (χ0) is 13.0. The van der Waals surface area contributed by atoms with E-state index in [0.29, 0.717) is 5.69 Å². The van der Waals surface area contributed by atoms with E-state index in [1.54, 1.807) is 0 Å². The van der Waals surface area contributed by atoms with Gasteiger partial charge in [-0.15, -0.1) is 0 Å². The molecular weight excluding hydrogens is 222 g/mol. The molecule has 18 heavy (non-hydrogen) atoms. The second-order valence-electron chi connectivity index (χ2n) is 4.73. The van der Waals surface area contributed by atoms with Gasteiger partial charge in [-0.2, -0.15) is 0 Å². The van der Waals surface area contributed by atoms with E-state index in [-0.39, 0.29) is 5.41 Å². The lowest BCUT2D eigenvalue weighted by molar-refractivity contribution is 0.641. The molecule has 0 bridgehead atoms. The Morgan fingerprint density at radius 2 is 1.44 bits per heavy atom. The summed E-state index contributed by atoms with van der Waals surface area (Å²) in [6, 6.07) is 18.1. The van der Waals surface area contributed by atoms with Crippen LogP contribution in [0.3, 0.4) is 0 Å². The van der Waals surface area contributed by atoms with Gasteiger partial charge in [-0.1, -0.05) is 73.6 Å². The molecule has 2 rings (SSSR count). The largest absolute Gasteiger partial charge is 0.0622 e. The number of hydrogen-bond donors (Lipinski definition) is 0. The van der Waals surface area contributed by atoms with Crippen molar-refractivity contribution in [3.8, 4) is 0 Å². The molecule has 0 heterocycles. The maximum Gasteiger partial charge on any atom is 0.0375 e. The molecule has 0 atom stereocenters. The molecule has 0 fully saturated rings. The Morgan fingerprint density at radius 3 is 2.00 bits per heavy atom. The third kappa shape index (κ3) is 2.36. The summed E-state index contributed by atoms with van der Waals surface area (Å²) in [7, 11) is 0. The van der Waals surface area contributed by atoms with Crippen molar-refractivity contribution < 1.29 is 0 Å². The van der Waals surface area contributed by atoms with E-state index in [4.69, 9.17) is 5.53 Å². The van der Waals surface area contributed by atoms with E-state index in [2.05, 4.69) is 36.0 Å².